The molecule has 1 aromatic rings. The van der Waals surface area contributed by atoms with Crippen molar-refractivity contribution < 1.29 is 9.59 Å². The fourth-order valence-electron chi connectivity index (χ4n) is 1.41. The Balaban J connectivity index is 1.86. The van der Waals surface area contributed by atoms with Crippen LogP contribution in [0.15, 0.2) is 22.7 Å². The summed E-state index contributed by atoms with van der Waals surface area (Å²) in [7, 11) is 0. The van der Waals surface area contributed by atoms with Gasteiger partial charge in [0.05, 0.1) is 11.6 Å². The van der Waals surface area contributed by atoms with Gasteiger partial charge in [0.15, 0.2) is 0 Å². The second kappa shape index (κ2) is 5.71. The number of carbonyl (C=O) groups excluding carboxylic acids is 2. The lowest BCUT2D eigenvalue weighted by Crippen LogP contribution is -2.37. The zero-order valence-corrected chi connectivity index (χ0v) is 11.8. The van der Waals surface area contributed by atoms with Crippen molar-refractivity contribution in [2.75, 3.05) is 6.54 Å². The van der Waals surface area contributed by atoms with Crippen LogP contribution in [0.2, 0.25) is 5.02 Å². The van der Waals surface area contributed by atoms with Gasteiger partial charge in [-0.2, -0.15) is 0 Å². The molecule has 0 unspecified atom stereocenters. The summed E-state index contributed by atoms with van der Waals surface area (Å²) >= 11 is 9.08. The number of hydrogen-bond acceptors (Lipinski definition) is 2. The second-order valence-electron chi connectivity index (χ2n) is 4.15. The fraction of sp³-hybridized carbons (Fsp3) is 0.333. The molecule has 2 rings (SSSR count). The molecule has 1 aromatic carbocycles. The van der Waals surface area contributed by atoms with Crippen LogP contribution < -0.4 is 10.6 Å². The fourth-order valence-corrected chi connectivity index (χ4v) is 1.90. The van der Waals surface area contributed by atoms with Gasteiger partial charge in [0.25, 0.3) is 5.91 Å². The molecule has 0 spiro atoms. The molecule has 1 aliphatic rings. The summed E-state index contributed by atoms with van der Waals surface area (Å²) in [6.45, 7) is -0.00439. The van der Waals surface area contributed by atoms with E-state index in [2.05, 4.69) is 26.6 Å². The Labute approximate surface area is 118 Å². The summed E-state index contributed by atoms with van der Waals surface area (Å²) in [4.78, 5) is 23.2. The summed E-state index contributed by atoms with van der Waals surface area (Å²) in [6, 6.07) is 5.17. The monoisotopic (exact) mass is 330 g/mol. The Hall–Kier alpha value is -1.07. The van der Waals surface area contributed by atoms with Gasteiger partial charge in [-0.25, -0.2) is 0 Å². The first kappa shape index (κ1) is 13.4. The molecule has 6 heteroatoms. The van der Waals surface area contributed by atoms with Crippen molar-refractivity contribution in [3.05, 3.63) is 33.3 Å². The number of rotatable bonds is 4. The second-order valence-corrected chi connectivity index (χ2v) is 5.41. The van der Waals surface area contributed by atoms with Gasteiger partial charge in [-0.15, -0.1) is 0 Å². The number of halogens is 2. The lowest BCUT2D eigenvalue weighted by Gasteiger charge is -2.06. The molecule has 1 aliphatic carbocycles. The molecule has 4 nitrogen and oxygen atoms in total. The minimum Gasteiger partial charge on any atom is -0.352 e. The number of nitrogens with one attached hydrogen (secondary N) is 2. The third kappa shape index (κ3) is 3.71. The molecule has 1 saturated carbocycles. The molecule has 0 bridgehead atoms. The third-order valence-electron chi connectivity index (χ3n) is 2.53. The van der Waals surface area contributed by atoms with Gasteiger partial charge in [-0.1, -0.05) is 11.6 Å². The van der Waals surface area contributed by atoms with E-state index in [0.717, 1.165) is 12.8 Å². The lowest BCUT2D eigenvalue weighted by molar-refractivity contribution is -0.120. The number of carbonyl (C=O) groups is 2. The predicted molar refractivity (Wildman–Crippen MR) is 72.6 cm³/mol. The molecule has 0 aliphatic heterocycles. The molecule has 0 heterocycles. The van der Waals surface area contributed by atoms with E-state index in [1.54, 1.807) is 18.2 Å². The van der Waals surface area contributed by atoms with Crippen LogP contribution in [0.5, 0.6) is 0 Å². The van der Waals surface area contributed by atoms with Crippen molar-refractivity contribution in [3.63, 3.8) is 0 Å². The van der Waals surface area contributed by atoms with Crippen molar-refractivity contribution in [2.45, 2.75) is 18.9 Å². The summed E-state index contributed by atoms with van der Waals surface area (Å²) < 4.78 is 0.652. The maximum Gasteiger partial charge on any atom is 0.251 e. The van der Waals surface area contributed by atoms with Gasteiger partial charge in [0.2, 0.25) is 5.91 Å². The van der Waals surface area contributed by atoms with Gasteiger partial charge in [0.1, 0.15) is 0 Å². The molecule has 0 aromatic heterocycles. The first-order valence-corrected chi connectivity index (χ1v) is 6.76. The topological polar surface area (TPSA) is 58.2 Å². The standard InChI is InChI=1S/C12H12BrClN2O2/c13-9-5-7(1-4-10(9)14)12(18)15-6-11(17)16-8-2-3-8/h1,4-5,8H,2-3,6H2,(H,15,18)(H,16,17). The van der Waals surface area contributed by atoms with Crippen molar-refractivity contribution >= 4 is 39.3 Å². The third-order valence-corrected chi connectivity index (χ3v) is 3.75. The molecule has 1 fully saturated rings. The SMILES string of the molecule is O=C(CNC(=O)c1ccc(Cl)c(Br)c1)NC1CC1. The van der Waals surface area contributed by atoms with Gasteiger partial charge in [-0.3, -0.25) is 9.59 Å². The Kier molecular flexibility index (Phi) is 4.24. The van der Waals surface area contributed by atoms with Crippen LogP contribution in [-0.2, 0) is 4.79 Å². The number of amides is 2. The van der Waals surface area contributed by atoms with E-state index < -0.39 is 0 Å². The number of hydrogen-bond donors (Lipinski definition) is 2. The van der Waals surface area contributed by atoms with Crippen LogP contribution in [0.4, 0.5) is 0 Å². The van der Waals surface area contributed by atoms with E-state index in [-0.39, 0.29) is 18.4 Å². The van der Waals surface area contributed by atoms with Gasteiger partial charge in [0, 0.05) is 16.1 Å². The minimum atomic E-state index is -0.293. The van der Waals surface area contributed by atoms with Crippen LogP contribution in [0.3, 0.4) is 0 Å². The molecule has 2 amide bonds. The Morgan fingerprint density at radius 3 is 2.72 bits per heavy atom. The highest BCUT2D eigenvalue weighted by atomic mass is 79.9. The molecule has 0 saturated heterocycles. The van der Waals surface area contributed by atoms with E-state index in [1.165, 1.54) is 0 Å². The van der Waals surface area contributed by atoms with Crippen molar-refractivity contribution in [2.24, 2.45) is 0 Å². The van der Waals surface area contributed by atoms with Crippen molar-refractivity contribution in [1.29, 1.82) is 0 Å². The first-order chi connectivity index (χ1) is 8.56. The molecule has 18 heavy (non-hydrogen) atoms. The van der Waals surface area contributed by atoms with Crippen molar-refractivity contribution in [1.82, 2.24) is 10.6 Å². The first-order valence-electron chi connectivity index (χ1n) is 5.59. The Morgan fingerprint density at radius 1 is 1.39 bits per heavy atom. The van der Waals surface area contributed by atoms with E-state index in [9.17, 15) is 9.59 Å². The minimum absolute atomic E-state index is 0.00439. The van der Waals surface area contributed by atoms with E-state index in [1.807, 2.05) is 0 Å². The van der Waals surface area contributed by atoms with Crippen LogP contribution in [-0.4, -0.2) is 24.4 Å². The van der Waals surface area contributed by atoms with E-state index in [4.69, 9.17) is 11.6 Å². The average molecular weight is 332 g/mol. The van der Waals surface area contributed by atoms with Crippen molar-refractivity contribution in [3.8, 4) is 0 Å². The lowest BCUT2D eigenvalue weighted by atomic mass is 10.2. The Bertz CT molecular complexity index is 489. The quantitative estimate of drug-likeness (QED) is 0.888. The van der Waals surface area contributed by atoms with Gasteiger partial charge >= 0.3 is 0 Å². The molecule has 96 valence electrons. The molecular formula is C12H12BrClN2O2. The van der Waals surface area contributed by atoms with Crippen LogP contribution in [0, 0.1) is 0 Å². The predicted octanol–water partition coefficient (Wildman–Crippen LogP) is 2.11. The van der Waals surface area contributed by atoms with Crippen LogP contribution in [0.1, 0.15) is 23.2 Å². The molecule has 0 atom stereocenters. The van der Waals surface area contributed by atoms with Gasteiger partial charge < -0.3 is 10.6 Å². The highest BCUT2D eigenvalue weighted by molar-refractivity contribution is 9.10. The number of benzene rings is 1. The van der Waals surface area contributed by atoms with Gasteiger partial charge in [-0.05, 0) is 47.0 Å². The highest BCUT2D eigenvalue weighted by Gasteiger charge is 2.23. The molecular weight excluding hydrogens is 320 g/mol. The zero-order chi connectivity index (χ0) is 13.1. The largest absolute Gasteiger partial charge is 0.352 e. The molecule has 2 N–H and O–H groups in total. The highest BCUT2D eigenvalue weighted by Crippen LogP contribution is 2.23. The summed E-state index contributed by atoms with van der Waals surface area (Å²) in [5, 5.41) is 5.90. The Morgan fingerprint density at radius 2 is 2.11 bits per heavy atom. The maximum absolute atomic E-state index is 11.8. The van der Waals surface area contributed by atoms with Crippen LogP contribution in [0.25, 0.3) is 0 Å². The molecule has 0 radical (unpaired) electrons. The normalized spacial score (nSPS) is 14.1. The summed E-state index contributed by atoms with van der Waals surface area (Å²) in [5.74, 6) is -0.447. The maximum atomic E-state index is 11.8. The van der Waals surface area contributed by atoms with E-state index in [0.29, 0.717) is 21.1 Å². The van der Waals surface area contributed by atoms with Crippen LogP contribution >= 0.6 is 27.5 Å². The summed E-state index contributed by atoms with van der Waals surface area (Å²) in [5.41, 5.74) is 0.463. The zero-order valence-electron chi connectivity index (χ0n) is 9.50. The smallest absolute Gasteiger partial charge is 0.251 e. The average Bonchev–Trinajstić information content (AvgIpc) is 3.13. The van der Waals surface area contributed by atoms with E-state index >= 15 is 0 Å². The summed E-state index contributed by atoms with van der Waals surface area (Å²) in [6.07, 6.45) is 2.06.